The normalized spacial score (nSPS) is 16.9. The van der Waals surface area contributed by atoms with Gasteiger partial charge in [0.15, 0.2) is 5.78 Å². The highest BCUT2D eigenvalue weighted by atomic mass is 16.5. The monoisotopic (exact) mass is 617 g/mol. The Morgan fingerprint density at radius 1 is 0.891 bits per heavy atom. The molecule has 3 aliphatic rings. The lowest BCUT2D eigenvalue weighted by Gasteiger charge is -2.34. The first-order valence-electron chi connectivity index (χ1n) is 15.9. The van der Waals surface area contributed by atoms with Crippen molar-refractivity contribution in [1.82, 2.24) is 20.4 Å². The molecule has 3 aromatic rings. The molecule has 0 atom stereocenters. The first-order valence-corrected chi connectivity index (χ1v) is 15.9. The van der Waals surface area contributed by atoms with Crippen LogP contribution in [-0.2, 0) is 9.53 Å². The highest BCUT2D eigenvalue weighted by Gasteiger charge is 2.25. The summed E-state index contributed by atoms with van der Waals surface area (Å²) in [5, 5.41) is 10.8. The van der Waals surface area contributed by atoms with Crippen LogP contribution in [0.25, 0.3) is 10.8 Å². The molecule has 236 valence electrons. The van der Waals surface area contributed by atoms with Crippen LogP contribution >= 0.6 is 0 Å². The molecule has 0 bridgehead atoms. The van der Waals surface area contributed by atoms with Gasteiger partial charge in [-0.15, -0.1) is 0 Å². The van der Waals surface area contributed by atoms with Gasteiger partial charge in [-0.25, -0.2) is 4.79 Å². The van der Waals surface area contributed by atoms with Gasteiger partial charge in [0, 0.05) is 61.8 Å². The predicted molar refractivity (Wildman–Crippen MR) is 180 cm³/mol. The van der Waals surface area contributed by atoms with E-state index in [-0.39, 0.29) is 17.7 Å². The summed E-state index contributed by atoms with van der Waals surface area (Å²) in [5.41, 5.74) is 3.38. The Kier molecular flexibility index (Phi) is 9.90. The van der Waals surface area contributed by atoms with Gasteiger partial charge in [-0.1, -0.05) is 60.7 Å². The summed E-state index contributed by atoms with van der Waals surface area (Å²) >= 11 is 0. The number of rotatable bonds is 10. The molecule has 9 nitrogen and oxygen atoms in total. The zero-order valence-electron chi connectivity index (χ0n) is 25.8. The van der Waals surface area contributed by atoms with Gasteiger partial charge in [-0.3, -0.25) is 9.59 Å². The summed E-state index contributed by atoms with van der Waals surface area (Å²) in [6.07, 6.45) is 13.1. The Hall–Kier alpha value is -5.15. The third-order valence-electron chi connectivity index (χ3n) is 8.60. The molecule has 3 aromatic carbocycles. The van der Waals surface area contributed by atoms with E-state index in [2.05, 4.69) is 31.8 Å². The van der Waals surface area contributed by atoms with Gasteiger partial charge in [0.05, 0.1) is 0 Å². The first kappa shape index (κ1) is 30.9. The SMILES string of the molecule is O=C1C=CC=C(C2=CN(CCN3CCC(c4ccccc4C(=O)NCCNC(=O)Nc4ccc5ccccc5c4)CC3)C=CO2)C1. The number of amides is 3. The maximum Gasteiger partial charge on any atom is 0.319 e. The molecule has 6 rings (SSSR count). The quantitative estimate of drug-likeness (QED) is 0.254. The van der Waals surface area contributed by atoms with Gasteiger partial charge in [-0.05, 0) is 72.5 Å². The van der Waals surface area contributed by atoms with E-state index in [1.807, 2.05) is 79.1 Å². The molecule has 1 fully saturated rings. The van der Waals surface area contributed by atoms with E-state index in [0.717, 1.165) is 60.9 Å². The van der Waals surface area contributed by atoms with Gasteiger partial charge < -0.3 is 30.5 Å². The molecule has 0 unspecified atom stereocenters. The number of urea groups is 1. The average molecular weight is 618 g/mol. The average Bonchev–Trinajstić information content (AvgIpc) is 3.09. The number of anilines is 1. The number of ether oxygens (including phenoxy) is 1. The third-order valence-corrected chi connectivity index (χ3v) is 8.60. The Bertz CT molecular complexity index is 1720. The van der Waals surface area contributed by atoms with E-state index < -0.39 is 0 Å². The maximum atomic E-state index is 13.2. The molecule has 3 N–H and O–H groups in total. The highest BCUT2D eigenvalue weighted by molar-refractivity contribution is 5.96. The molecule has 3 amide bonds. The second-order valence-electron chi connectivity index (χ2n) is 11.7. The molecule has 46 heavy (non-hydrogen) atoms. The van der Waals surface area contributed by atoms with Crippen molar-refractivity contribution in [1.29, 1.82) is 0 Å². The molecular formula is C37H39N5O4. The second-order valence-corrected chi connectivity index (χ2v) is 11.7. The number of allylic oxidation sites excluding steroid dienone is 4. The summed E-state index contributed by atoms with van der Waals surface area (Å²) < 4.78 is 5.67. The van der Waals surface area contributed by atoms with Crippen LogP contribution in [0.4, 0.5) is 10.5 Å². The number of hydrogen-bond acceptors (Lipinski definition) is 6. The van der Waals surface area contributed by atoms with Crippen LogP contribution in [-0.4, -0.2) is 66.8 Å². The standard InChI is InChI=1S/C37H39N5O4/c43-32-9-5-8-30(25-32)35-26-42(22-23-46-35)21-20-41-18-14-28(15-19-41)33-10-3-4-11-34(33)36(44)38-16-17-39-37(45)40-31-13-12-27-6-1-2-7-29(27)24-31/h1-13,22-24,26,28H,14-21,25H2,(H,38,44)(H2,39,40,45). The predicted octanol–water partition coefficient (Wildman–Crippen LogP) is 5.67. The Morgan fingerprint density at radius 2 is 1.67 bits per heavy atom. The number of fused-ring (bicyclic) bond motifs is 1. The molecule has 0 spiro atoms. The van der Waals surface area contributed by atoms with Crippen LogP contribution in [0.15, 0.2) is 115 Å². The molecule has 1 saturated heterocycles. The summed E-state index contributed by atoms with van der Waals surface area (Å²) in [7, 11) is 0. The largest absolute Gasteiger partial charge is 0.462 e. The summed E-state index contributed by atoms with van der Waals surface area (Å²) in [6, 6.07) is 21.3. The molecule has 2 aliphatic heterocycles. The van der Waals surface area contributed by atoms with E-state index in [9.17, 15) is 14.4 Å². The van der Waals surface area contributed by atoms with Crippen LogP contribution in [0, 0.1) is 0 Å². The number of ketones is 1. The number of hydrogen-bond donors (Lipinski definition) is 3. The third kappa shape index (κ3) is 7.92. The topological polar surface area (TPSA) is 103 Å². The number of nitrogens with one attached hydrogen (secondary N) is 3. The van der Waals surface area contributed by atoms with Crippen LogP contribution in [0.2, 0.25) is 0 Å². The molecule has 2 heterocycles. The lowest BCUT2D eigenvalue weighted by atomic mass is 9.86. The number of carbonyl (C=O) groups is 3. The fourth-order valence-corrected chi connectivity index (χ4v) is 6.12. The molecule has 0 saturated carbocycles. The van der Waals surface area contributed by atoms with E-state index >= 15 is 0 Å². The zero-order valence-corrected chi connectivity index (χ0v) is 25.8. The van der Waals surface area contributed by atoms with Crippen LogP contribution in [0.1, 0.15) is 41.1 Å². The van der Waals surface area contributed by atoms with Gasteiger partial charge in [0.1, 0.15) is 12.0 Å². The molecule has 0 aromatic heterocycles. The van der Waals surface area contributed by atoms with Crippen molar-refractivity contribution in [2.45, 2.75) is 25.2 Å². The van der Waals surface area contributed by atoms with Crippen molar-refractivity contribution in [2.24, 2.45) is 0 Å². The molecular weight excluding hydrogens is 578 g/mol. The first-order chi connectivity index (χ1) is 22.5. The number of piperidine rings is 1. The van der Waals surface area contributed by atoms with Gasteiger partial charge >= 0.3 is 6.03 Å². The van der Waals surface area contributed by atoms with E-state index in [4.69, 9.17) is 4.74 Å². The van der Waals surface area contributed by atoms with Crippen molar-refractivity contribution < 1.29 is 19.1 Å². The summed E-state index contributed by atoms with van der Waals surface area (Å²) in [4.78, 5) is 41.9. The number of benzene rings is 3. The van der Waals surface area contributed by atoms with E-state index in [0.29, 0.717) is 42.4 Å². The van der Waals surface area contributed by atoms with Crippen LogP contribution in [0.5, 0.6) is 0 Å². The van der Waals surface area contributed by atoms with E-state index in [1.54, 1.807) is 18.4 Å². The Labute approximate surface area is 269 Å². The molecule has 0 radical (unpaired) electrons. The van der Waals surface area contributed by atoms with Crippen molar-refractivity contribution in [3.8, 4) is 0 Å². The lowest BCUT2D eigenvalue weighted by molar-refractivity contribution is -0.114. The fourth-order valence-electron chi connectivity index (χ4n) is 6.12. The second kappa shape index (κ2) is 14.8. The van der Waals surface area contributed by atoms with Gasteiger partial charge in [0.2, 0.25) is 0 Å². The van der Waals surface area contributed by atoms with Crippen molar-refractivity contribution in [3.63, 3.8) is 0 Å². The number of likely N-dealkylation sites (tertiary alicyclic amines) is 1. The van der Waals surface area contributed by atoms with E-state index in [1.165, 1.54) is 0 Å². The lowest BCUT2D eigenvalue weighted by Crippen LogP contribution is -2.38. The Balaban J connectivity index is 0.937. The van der Waals surface area contributed by atoms with Crippen molar-refractivity contribution in [3.05, 3.63) is 126 Å². The van der Waals surface area contributed by atoms with Crippen molar-refractivity contribution in [2.75, 3.05) is 44.6 Å². The minimum Gasteiger partial charge on any atom is -0.462 e. The zero-order chi connectivity index (χ0) is 31.7. The number of carbonyl (C=O) groups excluding carboxylic acids is 3. The fraction of sp³-hybridized carbons (Fsp3) is 0.270. The minimum atomic E-state index is -0.312. The maximum absolute atomic E-state index is 13.2. The van der Waals surface area contributed by atoms with Crippen LogP contribution in [0.3, 0.4) is 0 Å². The molecule has 9 heteroatoms. The highest BCUT2D eigenvalue weighted by Crippen LogP contribution is 2.31. The number of nitrogens with zero attached hydrogens (tertiary/aromatic N) is 2. The smallest absolute Gasteiger partial charge is 0.319 e. The van der Waals surface area contributed by atoms with Gasteiger partial charge in [0.25, 0.3) is 5.91 Å². The van der Waals surface area contributed by atoms with Crippen LogP contribution < -0.4 is 16.0 Å². The summed E-state index contributed by atoms with van der Waals surface area (Å²) in [5.74, 6) is 0.984. The summed E-state index contributed by atoms with van der Waals surface area (Å²) in [6.45, 7) is 4.26. The van der Waals surface area contributed by atoms with Crippen molar-refractivity contribution >= 4 is 34.2 Å². The van der Waals surface area contributed by atoms with Gasteiger partial charge in [-0.2, -0.15) is 0 Å². The molecule has 1 aliphatic carbocycles. The Morgan fingerprint density at radius 3 is 2.52 bits per heavy atom. The minimum absolute atomic E-state index is 0.0830.